The second-order valence-electron chi connectivity index (χ2n) is 11.0. The van der Waals surface area contributed by atoms with Crippen LogP contribution in [0.25, 0.3) is 0 Å². The molecular weight excluding hydrogens is 450 g/mol. The number of hydrogen-bond donors (Lipinski definition) is 0. The molecule has 1 spiro atoms. The van der Waals surface area contributed by atoms with Crippen LogP contribution in [0.15, 0.2) is 29.7 Å². The Morgan fingerprint density at radius 1 is 1.26 bits per heavy atom. The van der Waals surface area contributed by atoms with Crippen LogP contribution < -0.4 is 0 Å². The smallest absolute Gasteiger partial charge is 0.348 e. The maximum atomic E-state index is 13.8. The first-order chi connectivity index (χ1) is 16.3. The van der Waals surface area contributed by atoms with Gasteiger partial charge in [-0.2, -0.15) is 5.26 Å². The Morgan fingerprint density at radius 3 is 2.82 bits per heavy atom. The van der Waals surface area contributed by atoms with Gasteiger partial charge in [0.15, 0.2) is 5.78 Å². The third-order valence-electron chi connectivity index (χ3n) is 9.49. The van der Waals surface area contributed by atoms with Crippen molar-refractivity contribution in [2.75, 3.05) is 19.8 Å². The molecule has 0 radical (unpaired) electrons. The zero-order valence-electron chi connectivity index (χ0n) is 19.6. The highest BCUT2D eigenvalue weighted by atomic mass is 32.1. The molecule has 5 aliphatic rings. The number of allylic oxidation sites excluding steroid dienone is 1. The summed E-state index contributed by atoms with van der Waals surface area (Å²) >= 11 is 1.35. The lowest BCUT2D eigenvalue weighted by Gasteiger charge is -2.66. The van der Waals surface area contributed by atoms with Crippen LogP contribution >= 0.6 is 11.3 Å². The van der Waals surface area contributed by atoms with Crippen molar-refractivity contribution in [3.05, 3.63) is 34.5 Å². The molecule has 7 heteroatoms. The number of esters is 1. The fourth-order valence-electron chi connectivity index (χ4n) is 7.95. The summed E-state index contributed by atoms with van der Waals surface area (Å²) in [5.74, 6) is -0.445. The van der Waals surface area contributed by atoms with Gasteiger partial charge < -0.3 is 9.47 Å². The van der Waals surface area contributed by atoms with Gasteiger partial charge in [0.05, 0.1) is 24.7 Å². The quantitative estimate of drug-likeness (QED) is 0.252. The Labute approximate surface area is 204 Å². The molecule has 6 nitrogen and oxygen atoms in total. The SMILES string of the molecule is C=C1C(=O)C23CC[C@H]1CC2[C@]1(COCC#N)CCC[C@@](C)(COC(=O)c2cccs2)C1CC3=O. The molecule has 1 aromatic heterocycles. The highest BCUT2D eigenvalue weighted by Crippen LogP contribution is 2.70. The number of hydrogen-bond acceptors (Lipinski definition) is 7. The Kier molecular flexibility index (Phi) is 5.81. The summed E-state index contributed by atoms with van der Waals surface area (Å²) in [4.78, 5) is 40.6. The number of rotatable bonds is 6. The maximum absolute atomic E-state index is 13.8. The Bertz CT molecular complexity index is 1070. The minimum absolute atomic E-state index is 0.0176. The summed E-state index contributed by atoms with van der Waals surface area (Å²) in [6, 6.07) is 5.64. The van der Waals surface area contributed by atoms with Gasteiger partial charge >= 0.3 is 5.97 Å². The maximum Gasteiger partial charge on any atom is 0.348 e. The first-order valence-electron chi connectivity index (χ1n) is 12.2. The minimum atomic E-state index is -0.996. The second kappa shape index (κ2) is 8.42. The fraction of sp³-hybridized carbons (Fsp3) is 0.630. The molecule has 2 bridgehead atoms. The molecule has 1 heterocycles. The van der Waals surface area contributed by atoms with Gasteiger partial charge in [0.2, 0.25) is 0 Å². The van der Waals surface area contributed by atoms with Gasteiger partial charge in [0.1, 0.15) is 17.3 Å². The van der Waals surface area contributed by atoms with Crippen LogP contribution in [0.5, 0.6) is 0 Å². The van der Waals surface area contributed by atoms with Crippen molar-refractivity contribution >= 4 is 28.9 Å². The molecule has 0 saturated heterocycles. The van der Waals surface area contributed by atoms with Gasteiger partial charge in [-0.1, -0.05) is 26.0 Å². The van der Waals surface area contributed by atoms with Gasteiger partial charge in [-0.15, -0.1) is 11.3 Å². The van der Waals surface area contributed by atoms with Crippen LogP contribution in [0.2, 0.25) is 0 Å². The minimum Gasteiger partial charge on any atom is -0.461 e. The number of nitriles is 1. The van der Waals surface area contributed by atoms with Crippen LogP contribution in [0.4, 0.5) is 0 Å². The molecule has 3 unspecified atom stereocenters. The van der Waals surface area contributed by atoms with Crippen molar-refractivity contribution in [1.82, 2.24) is 0 Å². The number of carbonyl (C=O) groups excluding carboxylic acids is 3. The lowest BCUT2D eigenvalue weighted by molar-refractivity contribution is -0.204. The molecule has 6 rings (SSSR count). The molecule has 5 aliphatic carbocycles. The molecule has 6 atom stereocenters. The molecule has 0 N–H and O–H groups in total. The predicted molar refractivity (Wildman–Crippen MR) is 126 cm³/mol. The van der Waals surface area contributed by atoms with E-state index in [1.165, 1.54) is 11.3 Å². The van der Waals surface area contributed by atoms with E-state index in [-0.39, 0.29) is 54.9 Å². The summed E-state index contributed by atoms with van der Waals surface area (Å²) in [6.07, 6.45) is 5.07. The number of ketones is 2. The summed E-state index contributed by atoms with van der Waals surface area (Å²) in [5, 5.41) is 11.0. The van der Waals surface area contributed by atoms with E-state index in [0.29, 0.717) is 23.5 Å². The average molecular weight is 482 g/mol. The van der Waals surface area contributed by atoms with E-state index >= 15 is 0 Å². The lowest BCUT2D eigenvalue weighted by atomic mass is 9.36. The average Bonchev–Trinajstić information content (AvgIpc) is 3.37. The predicted octanol–water partition coefficient (Wildman–Crippen LogP) is 4.75. The Hall–Kier alpha value is -2.30. The first kappa shape index (κ1) is 23.4. The van der Waals surface area contributed by atoms with Crippen LogP contribution in [0.1, 0.15) is 61.5 Å². The zero-order chi connectivity index (χ0) is 24.1. The molecule has 0 amide bonds. The number of Topliss-reactive ketones (excluding diaryl/α,β-unsaturated/α-hetero) is 2. The highest BCUT2D eigenvalue weighted by molar-refractivity contribution is 7.11. The fourth-order valence-corrected chi connectivity index (χ4v) is 8.57. The summed E-state index contributed by atoms with van der Waals surface area (Å²) in [7, 11) is 0. The molecule has 180 valence electrons. The van der Waals surface area contributed by atoms with Crippen LogP contribution in [-0.4, -0.2) is 37.4 Å². The topological polar surface area (TPSA) is 93.5 Å². The van der Waals surface area contributed by atoms with Crippen molar-refractivity contribution in [3.63, 3.8) is 0 Å². The van der Waals surface area contributed by atoms with Gasteiger partial charge in [-0.05, 0) is 66.9 Å². The third kappa shape index (κ3) is 3.25. The van der Waals surface area contributed by atoms with Crippen molar-refractivity contribution < 1.29 is 23.9 Å². The third-order valence-corrected chi connectivity index (χ3v) is 10.3. The van der Waals surface area contributed by atoms with Crippen LogP contribution in [-0.2, 0) is 19.1 Å². The first-order valence-corrected chi connectivity index (χ1v) is 13.1. The van der Waals surface area contributed by atoms with Gasteiger partial charge in [-0.3, -0.25) is 9.59 Å². The lowest BCUT2D eigenvalue weighted by Crippen LogP contribution is -2.69. The van der Waals surface area contributed by atoms with Crippen molar-refractivity contribution in [3.8, 4) is 6.07 Å². The molecule has 0 aliphatic heterocycles. The number of carbonyl (C=O) groups is 3. The number of ether oxygens (including phenoxy) is 2. The monoisotopic (exact) mass is 481 g/mol. The van der Waals surface area contributed by atoms with E-state index in [1.807, 2.05) is 11.4 Å². The standard InChI is InChI=1S/C27H31NO5S/c1-17-18-6-9-27(23(17)30)21(13-18)26(16-32-11-10-28)8-4-7-25(2,20(26)14-22(27)29)15-33-24(31)19-5-3-12-34-19/h3,5,12,18,20-21H,1,4,6-9,11,13-16H2,2H3/t18-,20?,21?,25-,26-,27?/m0/s1. The van der Waals surface area contributed by atoms with Gasteiger partial charge in [-0.25, -0.2) is 4.79 Å². The van der Waals surface area contributed by atoms with Crippen molar-refractivity contribution in [1.29, 1.82) is 5.26 Å². The molecule has 0 aromatic carbocycles. The van der Waals surface area contributed by atoms with E-state index in [0.717, 1.165) is 32.1 Å². The van der Waals surface area contributed by atoms with E-state index in [4.69, 9.17) is 14.7 Å². The molecule has 1 aromatic rings. The van der Waals surface area contributed by atoms with E-state index in [2.05, 4.69) is 19.6 Å². The van der Waals surface area contributed by atoms with E-state index in [9.17, 15) is 14.4 Å². The molecule has 5 saturated carbocycles. The number of thiophene rings is 1. The summed E-state index contributed by atoms with van der Waals surface area (Å²) in [5.41, 5.74) is -1.19. The largest absolute Gasteiger partial charge is 0.461 e. The zero-order valence-corrected chi connectivity index (χ0v) is 20.5. The molecule has 34 heavy (non-hydrogen) atoms. The van der Waals surface area contributed by atoms with E-state index < -0.39 is 16.2 Å². The van der Waals surface area contributed by atoms with Crippen LogP contribution in [0.3, 0.4) is 0 Å². The molecular formula is C27H31NO5S. The Balaban J connectivity index is 1.51. The van der Waals surface area contributed by atoms with Gasteiger partial charge in [0.25, 0.3) is 0 Å². The van der Waals surface area contributed by atoms with Crippen molar-refractivity contribution in [2.24, 2.45) is 34.0 Å². The van der Waals surface area contributed by atoms with Crippen LogP contribution in [0, 0.1) is 45.3 Å². The number of fused-ring (bicyclic) bond motifs is 3. The highest BCUT2D eigenvalue weighted by Gasteiger charge is 2.71. The van der Waals surface area contributed by atoms with E-state index in [1.54, 1.807) is 6.07 Å². The normalized spacial score (nSPS) is 38.7. The summed E-state index contributed by atoms with van der Waals surface area (Å²) < 4.78 is 11.7. The van der Waals surface area contributed by atoms with Crippen molar-refractivity contribution in [2.45, 2.75) is 51.9 Å². The Morgan fingerprint density at radius 2 is 2.09 bits per heavy atom. The second-order valence-corrected chi connectivity index (χ2v) is 11.9. The molecule has 5 fully saturated rings. The summed E-state index contributed by atoms with van der Waals surface area (Å²) in [6.45, 7) is 6.75. The van der Waals surface area contributed by atoms with Gasteiger partial charge in [0, 0.05) is 17.3 Å². The number of nitrogens with zero attached hydrogens (tertiary/aromatic N) is 1.